The Kier molecular flexibility index (Phi) is 6.33. The zero-order valence-electron chi connectivity index (χ0n) is 19.6. The highest BCUT2D eigenvalue weighted by atomic mass is 32.2. The molecule has 5 rings (SSSR count). The molecule has 4 aromatic rings. The number of H-pyrrole nitrogens is 1. The van der Waals surface area contributed by atoms with Gasteiger partial charge in [-0.3, -0.25) is 9.69 Å². The van der Waals surface area contributed by atoms with Crippen molar-refractivity contribution in [1.29, 1.82) is 0 Å². The van der Waals surface area contributed by atoms with Gasteiger partial charge < -0.3 is 19.9 Å². The van der Waals surface area contributed by atoms with Crippen molar-refractivity contribution in [1.82, 2.24) is 14.9 Å². The first-order valence-corrected chi connectivity index (χ1v) is 14.1. The van der Waals surface area contributed by atoms with E-state index in [1.165, 1.54) is 23.5 Å². The molecule has 3 N–H and O–H groups in total. The number of ether oxygens (including phenoxy) is 1. The summed E-state index contributed by atoms with van der Waals surface area (Å²) >= 11 is 1.37. The zero-order valence-corrected chi connectivity index (χ0v) is 21.3. The summed E-state index contributed by atoms with van der Waals surface area (Å²) in [4.78, 5) is 21.0. The molecule has 2 aromatic carbocycles. The molecule has 2 unspecified atom stereocenters. The number of aromatic nitrogens is 2. The highest BCUT2D eigenvalue weighted by molar-refractivity contribution is 7.90. The van der Waals surface area contributed by atoms with Crippen molar-refractivity contribution < 1.29 is 28.2 Å². The van der Waals surface area contributed by atoms with Crippen LogP contribution in [0.15, 0.2) is 52.7 Å². The van der Waals surface area contributed by atoms with Crippen LogP contribution in [0.3, 0.4) is 0 Å². The van der Waals surface area contributed by atoms with E-state index >= 15 is 0 Å². The number of carbonyl (C=O) groups is 1. The molecular formula is C25H25N3O6S2. The number of aliphatic carboxylic acids is 1. The number of rotatable bonds is 7. The fourth-order valence-electron chi connectivity index (χ4n) is 4.49. The average Bonchev–Trinajstić information content (AvgIpc) is 3.52. The SMILES string of the molecule is CN1C(O)CCC1c1cc2[nH]c(-c3nc(CC(=O)O)cs3)cc2cc1Oc1ccc(S(C)(=O)=O)cc1. The molecule has 9 nitrogen and oxygen atoms in total. The van der Waals surface area contributed by atoms with Crippen LogP contribution in [-0.4, -0.2) is 59.0 Å². The van der Waals surface area contributed by atoms with E-state index < -0.39 is 22.0 Å². The van der Waals surface area contributed by atoms with Crippen molar-refractivity contribution in [2.75, 3.05) is 13.3 Å². The number of carboxylic acid groups (broad SMARTS) is 1. The molecular weight excluding hydrogens is 502 g/mol. The van der Waals surface area contributed by atoms with Crippen LogP contribution in [0.1, 0.15) is 30.1 Å². The van der Waals surface area contributed by atoms with Crippen molar-refractivity contribution in [3.8, 4) is 22.2 Å². The predicted octanol–water partition coefficient (Wildman–Crippen LogP) is 4.20. The number of hydrogen-bond donors (Lipinski definition) is 3. The molecule has 0 radical (unpaired) electrons. The quantitative estimate of drug-likeness (QED) is 0.326. The first-order valence-electron chi connectivity index (χ1n) is 11.3. The first kappa shape index (κ1) is 24.4. The van der Waals surface area contributed by atoms with Gasteiger partial charge in [0.2, 0.25) is 0 Å². The van der Waals surface area contributed by atoms with Crippen LogP contribution in [-0.2, 0) is 21.1 Å². The molecule has 11 heteroatoms. The second-order valence-corrected chi connectivity index (χ2v) is 11.8. The molecule has 1 saturated heterocycles. The van der Waals surface area contributed by atoms with Gasteiger partial charge in [0, 0.05) is 34.1 Å². The third-order valence-corrected chi connectivity index (χ3v) is 8.42. The number of carboxylic acids is 1. The number of aliphatic hydroxyl groups excluding tert-OH is 1. The lowest BCUT2D eigenvalue weighted by Crippen LogP contribution is -2.27. The molecule has 0 amide bonds. The van der Waals surface area contributed by atoms with Crippen molar-refractivity contribution in [3.05, 3.63) is 59.1 Å². The summed E-state index contributed by atoms with van der Waals surface area (Å²) in [5, 5.41) is 22.7. The number of thiazole rings is 1. The Morgan fingerprint density at radius 3 is 2.61 bits per heavy atom. The number of fused-ring (bicyclic) bond motifs is 1. The number of nitrogens with zero attached hydrogens (tertiary/aromatic N) is 2. The van der Waals surface area contributed by atoms with Gasteiger partial charge >= 0.3 is 5.97 Å². The second-order valence-electron chi connectivity index (χ2n) is 8.96. The molecule has 0 spiro atoms. The number of aromatic amines is 1. The lowest BCUT2D eigenvalue weighted by molar-refractivity contribution is -0.136. The Morgan fingerprint density at radius 1 is 1.22 bits per heavy atom. The standard InChI is InChI=1S/C25H25N3O6S2/c1-28-21(7-8-23(28)29)18-12-19-14(9-20(27-19)25-26-15(13-35-25)11-24(30)31)10-22(18)34-16-3-5-17(6-4-16)36(2,32)33/h3-6,9-10,12-13,21,23,27,29H,7-8,11H2,1-2H3,(H,30,31). The van der Waals surface area contributed by atoms with Gasteiger partial charge in [0.1, 0.15) is 22.7 Å². The molecule has 1 aliphatic rings. The molecule has 0 saturated carbocycles. The smallest absolute Gasteiger partial charge is 0.309 e. The Labute approximate surface area is 211 Å². The van der Waals surface area contributed by atoms with Crippen molar-refractivity contribution in [2.24, 2.45) is 0 Å². The molecule has 0 bridgehead atoms. The fourth-order valence-corrected chi connectivity index (χ4v) is 5.91. The molecule has 1 fully saturated rings. The minimum atomic E-state index is -3.32. The van der Waals surface area contributed by atoms with Crippen LogP contribution in [0, 0.1) is 0 Å². The first-order chi connectivity index (χ1) is 17.1. The largest absolute Gasteiger partial charge is 0.481 e. The van der Waals surface area contributed by atoms with Crippen LogP contribution in [0.2, 0.25) is 0 Å². The van der Waals surface area contributed by atoms with Crippen LogP contribution in [0.4, 0.5) is 0 Å². The predicted molar refractivity (Wildman–Crippen MR) is 136 cm³/mol. The minimum absolute atomic E-state index is 0.0662. The summed E-state index contributed by atoms with van der Waals surface area (Å²) in [6, 6.07) is 12.1. The van der Waals surface area contributed by atoms with E-state index in [2.05, 4.69) is 9.97 Å². The minimum Gasteiger partial charge on any atom is -0.481 e. The molecule has 188 valence electrons. The Bertz CT molecular complexity index is 1540. The fraction of sp³-hybridized carbons (Fsp3) is 0.280. The van der Waals surface area contributed by atoms with Crippen LogP contribution < -0.4 is 4.74 Å². The topological polar surface area (TPSA) is 133 Å². The van der Waals surface area contributed by atoms with E-state index in [9.17, 15) is 18.3 Å². The summed E-state index contributed by atoms with van der Waals surface area (Å²) < 4.78 is 29.9. The van der Waals surface area contributed by atoms with Gasteiger partial charge in [-0.2, -0.15) is 0 Å². The van der Waals surface area contributed by atoms with E-state index in [1.807, 2.05) is 30.1 Å². The summed E-state index contributed by atoms with van der Waals surface area (Å²) in [6.07, 6.45) is 1.88. The molecule has 3 heterocycles. The van der Waals surface area contributed by atoms with Crippen LogP contribution in [0.25, 0.3) is 21.6 Å². The van der Waals surface area contributed by atoms with Crippen molar-refractivity contribution in [3.63, 3.8) is 0 Å². The lowest BCUT2D eigenvalue weighted by atomic mass is 10.0. The van der Waals surface area contributed by atoms with Gasteiger partial charge in [-0.15, -0.1) is 11.3 Å². The van der Waals surface area contributed by atoms with Crippen molar-refractivity contribution >= 4 is 38.0 Å². The number of hydrogen-bond acceptors (Lipinski definition) is 8. The second kappa shape index (κ2) is 9.32. The highest BCUT2D eigenvalue weighted by Crippen LogP contribution is 2.42. The van der Waals surface area contributed by atoms with E-state index in [4.69, 9.17) is 9.84 Å². The van der Waals surface area contributed by atoms with Gasteiger partial charge in [-0.1, -0.05) is 0 Å². The van der Waals surface area contributed by atoms with Gasteiger partial charge in [-0.25, -0.2) is 13.4 Å². The Hall–Kier alpha value is -3.25. The molecule has 0 aliphatic carbocycles. The molecule has 36 heavy (non-hydrogen) atoms. The van der Waals surface area contributed by atoms with Crippen LogP contribution in [0.5, 0.6) is 11.5 Å². The normalized spacial score (nSPS) is 18.6. The number of nitrogens with one attached hydrogen (secondary N) is 1. The van der Waals surface area contributed by atoms with Crippen LogP contribution >= 0.6 is 11.3 Å². The summed E-state index contributed by atoms with van der Waals surface area (Å²) in [5.41, 5.74) is 3.04. The van der Waals surface area contributed by atoms with E-state index in [0.29, 0.717) is 28.6 Å². The maximum absolute atomic E-state index is 11.8. The highest BCUT2D eigenvalue weighted by Gasteiger charge is 2.32. The average molecular weight is 528 g/mol. The molecule has 2 aromatic heterocycles. The maximum atomic E-state index is 11.8. The Morgan fingerprint density at radius 2 is 1.97 bits per heavy atom. The third kappa shape index (κ3) is 4.87. The van der Waals surface area contributed by atoms with E-state index in [1.54, 1.807) is 17.5 Å². The van der Waals surface area contributed by atoms with Gasteiger partial charge in [0.25, 0.3) is 0 Å². The summed E-state index contributed by atoms with van der Waals surface area (Å²) in [5.74, 6) is 0.178. The van der Waals surface area contributed by atoms with E-state index in [0.717, 1.165) is 34.8 Å². The number of sulfone groups is 1. The summed E-state index contributed by atoms with van der Waals surface area (Å²) in [7, 11) is -1.44. The number of benzene rings is 2. The van der Waals surface area contributed by atoms with E-state index in [-0.39, 0.29) is 17.4 Å². The maximum Gasteiger partial charge on any atom is 0.309 e. The van der Waals surface area contributed by atoms with Gasteiger partial charge in [-0.05, 0) is 62.4 Å². The lowest BCUT2D eigenvalue weighted by Gasteiger charge is -2.24. The third-order valence-electron chi connectivity index (χ3n) is 6.36. The molecule has 2 atom stereocenters. The summed E-state index contributed by atoms with van der Waals surface area (Å²) in [6.45, 7) is 0. The van der Waals surface area contributed by atoms with Gasteiger partial charge in [0.15, 0.2) is 9.84 Å². The monoisotopic (exact) mass is 527 g/mol. The number of likely N-dealkylation sites (tertiary alicyclic amines) is 1. The van der Waals surface area contributed by atoms with Gasteiger partial charge in [0.05, 0.1) is 22.7 Å². The molecule has 1 aliphatic heterocycles. The van der Waals surface area contributed by atoms with Crippen molar-refractivity contribution in [2.45, 2.75) is 36.4 Å². The number of aliphatic hydroxyl groups is 1. The Balaban J connectivity index is 1.54. The zero-order chi connectivity index (χ0) is 25.6.